The summed E-state index contributed by atoms with van der Waals surface area (Å²) in [6, 6.07) is 0. The minimum atomic E-state index is 0.0509. The number of hydrogen-bond donors (Lipinski definition) is 0. The Bertz CT molecular complexity index is 93.7. The van der Waals surface area contributed by atoms with E-state index in [2.05, 4.69) is 4.74 Å². The first kappa shape index (κ1) is 3.40. The Morgan fingerprint density at radius 1 is 1.83 bits per heavy atom. The highest BCUT2D eigenvalue weighted by Crippen LogP contribution is 1.89. The van der Waals surface area contributed by atoms with Crippen LogP contribution >= 0.6 is 0 Å². The van der Waals surface area contributed by atoms with Gasteiger partial charge in [0.1, 0.15) is 6.61 Å². The molecule has 0 unspecified atom stereocenters. The van der Waals surface area contributed by atoms with Gasteiger partial charge in [0.2, 0.25) is 0 Å². The van der Waals surface area contributed by atoms with E-state index in [9.17, 15) is 4.79 Å². The molecule has 32 valence electrons. The van der Waals surface area contributed by atoms with E-state index in [1.165, 1.54) is 12.3 Å². The molecule has 1 aliphatic rings. The van der Waals surface area contributed by atoms with Crippen LogP contribution in [0.4, 0.5) is 0 Å². The van der Waals surface area contributed by atoms with Crippen LogP contribution in [0.2, 0.25) is 0 Å². The van der Waals surface area contributed by atoms with Gasteiger partial charge in [-0.1, -0.05) is 0 Å². The van der Waals surface area contributed by atoms with Crippen LogP contribution in [-0.4, -0.2) is 12.4 Å². The first-order chi connectivity index (χ1) is 2.89. The summed E-state index contributed by atoms with van der Waals surface area (Å²) in [5, 5.41) is 0. The number of hydrogen-bond acceptors (Lipinski definition) is 2. The number of carbonyl (C=O) groups is 1. The molecule has 1 rings (SSSR count). The van der Waals surface area contributed by atoms with Crippen molar-refractivity contribution in [2.45, 2.75) is 0 Å². The third-order valence-corrected chi connectivity index (χ3v) is 0.576. The number of rotatable bonds is 0. The SMILES string of the molecule is O=C1C=COC1. The van der Waals surface area contributed by atoms with Crippen LogP contribution in [0.25, 0.3) is 0 Å². The van der Waals surface area contributed by atoms with Crippen molar-refractivity contribution in [1.29, 1.82) is 0 Å². The van der Waals surface area contributed by atoms with Gasteiger partial charge in [0, 0.05) is 6.08 Å². The minimum Gasteiger partial charge on any atom is -0.493 e. The van der Waals surface area contributed by atoms with E-state index >= 15 is 0 Å². The Labute approximate surface area is 35.4 Å². The van der Waals surface area contributed by atoms with E-state index in [0.29, 0.717) is 0 Å². The van der Waals surface area contributed by atoms with Gasteiger partial charge >= 0.3 is 0 Å². The van der Waals surface area contributed by atoms with Crippen LogP contribution in [-0.2, 0) is 9.53 Å². The average Bonchev–Trinajstić information content (AvgIpc) is 1.86. The van der Waals surface area contributed by atoms with Gasteiger partial charge in [-0.3, -0.25) is 4.79 Å². The van der Waals surface area contributed by atoms with Crippen LogP contribution in [0.5, 0.6) is 0 Å². The standard InChI is InChI=1S/C4H4O2/c5-4-1-2-6-3-4/h1-2H,3H2. The summed E-state index contributed by atoms with van der Waals surface area (Å²) < 4.78 is 4.53. The lowest BCUT2D eigenvalue weighted by molar-refractivity contribution is -0.115. The zero-order chi connectivity index (χ0) is 4.41. The largest absolute Gasteiger partial charge is 0.493 e. The summed E-state index contributed by atoms with van der Waals surface area (Å²) in [5.41, 5.74) is 0. The molecule has 0 aromatic heterocycles. The van der Waals surface area contributed by atoms with Crippen molar-refractivity contribution in [3.8, 4) is 0 Å². The highest BCUT2D eigenvalue weighted by molar-refractivity contribution is 5.92. The normalized spacial score (nSPS) is 18.3. The molecule has 2 nitrogen and oxygen atoms in total. The summed E-state index contributed by atoms with van der Waals surface area (Å²) >= 11 is 0. The second kappa shape index (κ2) is 1.12. The molecule has 0 N–H and O–H groups in total. The molecule has 0 amide bonds. The highest BCUT2D eigenvalue weighted by atomic mass is 16.5. The zero-order valence-electron chi connectivity index (χ0n) is 3.18. The van der Waals surface area contributed by atoms with E-state index in [1.807, 2.05) is 0 Å². The average molecular weight is 84.1 g/mol. The zero-order valence-corrected chi connectivity index (χ0v) is 3.18. The molecule has 6 heavy (non-hydrogen) atoms. The monoisotopic (exact) mass is 84.0 g/mol. The van der Waals surface area contributed by atoms with Crippen LogP contribution in [0.1, 0.15) is 0 Å². The molecule has 0 atom stereocenters. The third-order valence-electron chi connectivity index (χ3n) is 0.576. The lowest BCUT2D eigenvalue weighted by Gasteiger charge is -1.79. The van der Waals surface area contributed by atoms with E-state index in [-0.39, 0.29) is 12.4 Å². The van der Waals surface area contributed by atoms with Crippen molar-refractivity contribution in [3.63, 3.8) is 0 Å². The summed E-state index contributed by atoms with van der Waals surface area (Å²) in [6.45, 7) is 0.236. The van der Waals surface area contributed by atoms with Gasteiger partial charge in [0.15, 0.2) is 5.78 Å². The van der Waals surface area contributed by atoms with Gasteiger partial charge in [0.25, 0.3) is 0 Å². The second-order valence-corrected chi connectivity index (χ2v) is 1.08. The van der Waals surface area contributed by atoms with Crippen LogP contribution < -0.4 is 0 Å². The number of ether oxygens (including phenoxy) is 1. The topological polar surface area (TPSA) is 26.3 Å². The molecule has 0 aromatic carbocycles. The van der Waals surface area contributed by atoms with Gasteiger partial charge in [-0.15, -0.1) is 0 Å². The predicted octanol–water partition coefficient (Wildman–Crippen LogP) is 0.0994. The third kappa shape index (κ3) is 0.407. The molecule has 0 saturated heterocycles. The Morgan fingerprint density at radius 3 is 2.83 bits per heavy atom. The Hall–Kier alpha value is -0.790. The molecule has 0 fully saturated rings. The smallest absolute Gasteiger partial charge is 0.196 e. The van der Waals surface area contributed by atoms with Crippen molar-refractivity contribution in [1.82, 2.24) is 0 Å². The van der Waals surface area contributed by atoms with Crippen LogP contribution in [0.3, 0.4) is 0 Å². The van der Waals surface area contributed by atoms with Crippen LogP contribution in [0, 0.1) is 0 Å². The molecule has 0 saturated carbocycles. The molecule has 0 bridgehead atoms. The lowest BCUT2D eigenvalue weighted by atomic mass is 10.5. The molecule has 0 aliphatic carbocycles. The van der Waals surface area contributed by atoms with Crippen LogP contribution in [0.15, 0.2) is 12.3 Å². The summed E-state index contributed by atoms with van der Waals surface area (Å²) in [4.78, 5) is 10.0. The minimum absolute atomic E-state index is 0.0509. The molecule has 0 aromatic rings. The van der Waals surface area contributed by atoms with Gasteiger partial charge in [-0.05, 0) is 0 Å². The van der Waals surface area contributed by atoms with Gasteiger partial charge in [-0.25, -0.2) is 0 Å². The van der Waals surface area contributed by atoms with Crippen molar-refractivity contribution in [3.05, 3.63) is 12.3 Å². The molecule has 0 spiro atoms. The highest BCUT2D eigenvalue weighted by Gasteiger charge is 1.99. The maximum absolute atomic E-state index is 10.0. The van der Waals surface area contributed by atoms with E-state index in [0.717, 1.165) is 0 Å². The quantitative estimate of drug-likeness (QED) is 0.416. The Kier molecular flexibility index (Phi) is 0.638. The van der Waals surface area contributed by atoms with E-state index in [1.54, 1.807) is 0 Å². The van der Waals surface area contributed by atoms with E-state index in [4.69, 9.17) is 0 Å². The molecule has 1 aliphatic heterocycles. The fourth-order valence-electron chi connectivity index (χ4n) is 0.302. The lowest BCUT2D eigenvalue weighted by Crippen LogP contribution is -1.91. The fourth-order valence-corrected chi connectivity index (χ4v) is 0.302. The maximum atomic E-state index is 10.0. The predicted molar refractivity (Wildman–Crippen MR) is 20.1 cm³/mol. The summed E-state index contributed by atoms with van der Waals surface area (Å²) in [6.07, 6.45) is 2.82. The molecule has 2 heteroatoms. The summed E-state index contributed by atoms with van der Waals surface area (Å²) in [5.74, 6) is 0.0509. The first-order valence-electron chi connectivity index (χ1n) is 1.70. The van der Waals surface area contributed by atoms with Crippen molar-refractivity contribution in [2.75, 3.05) is 6.61 Å². The maximum Gasteiger partial charge on any atom is 0.196 e. The molecule has 0 radical (unpaired) electrons. The molecule has 1 heterocycles. The Morgan fingerprint density at radius 2 is 2.67 bits per heavy atom. The molecular formula is C4H4O2. The van der Waals surface area contributed by atoms with Crippen molar-refractivity contribution >= 4 is 5.78 Å². The Balaban J connectivity index is 2.59. The summed E-state index contributed by atoms with van der Waals surface area (Å²) in [7, 11) is 0. The van der Waals surface area contributed by atoms with Gasteiger partial charge in [0.05, 0.1) is 6.26 Å². The van der Waals surface area contributed by atoms with E-state index < -0.39 is 0 Å². The number of carbonyl (C=O) groups excluding carboxylic acids is 1. The first-order valence-corrected chi connectivity index (χ1v) is 1.70. The van der Waals surface area contributed by atoms with Gasteiger partial charge in [-0.2, -0.15) is 0 Å². The fraction of sp³-hybridized carbons (Fsp3) is 0.250. The molecular weight excluding hydrogens is 80.0 g/mol. The van der Waals surface area contributed by atoms with Crippen molar-refractivity contribution < 1.29 is 9.53 Å². The number of ketones is 1. The van der Waals surface area contributed by atoms with Crippen molar-refractivity contribution in [2.24, 2.45) is 0 Å². The van der Waals surface area contributed by atoms with Gasteiger partial charge < -0.3 is 4.74 Å². The second-order valence-electron chi connectivity index (χ2n) is 1.08.